The average Bonchev–Trinajstić information content (AvgIpc) is 3.23. The van der Waals surface area contributed by atoms with Gasteiger partial charge in [0.2, 0.25) is 0 Å². The van der Waals surface area contributed by atoms with Gasteiger partial charge in [-0.05, 0) is 38.1 Å². The molecule has 0 aliphatic carbocycles. The van der Waals surface area contributed by atoms with Crippen LogP contribution >= 0.6 is 11.3 Å². The van der Waals surface area contributed by atoms with E-state index in [4.69, 9.17) is 4.74 Å². The monoisotopic (exact) mass is 505 g/mol. The first-order valence-corrected chi connectivity index (χ1v) is 11.5. The highest BCUT2D eigenvalue weighted by Crippen LogP contribution is 2.39. The van der Waals surface area contributed by atoms with Gasteiger partial charge in [-0.2, -0.15) is 0 Å². The normalized spacial score (nSPS) is 14.0. The molecule has 0 unspecified atom stereocenters. The molecule has 1 aromatic carbocycles. The fraction of sp³-hybridized carbons (Fsp3) is 0.304. The Hall–Kier alpha value is -3.51. The lowest BCUT2D eigenvalue weighted by Crippen LogP contribution is -2.52. The van der Waals surface area contributed by atoms with E-state index in [-0.39, 0.29) is 10.9 Å². The van der Waals surface area contributed by atoms with Gasteiger partial charge in [0.15, 0.2) is 16.6 Å². The van der Waals surface area contributed by atoms with E-state index < -0.39 is 34.7 Å². The van der Waals surface area contributed by atoms with Gasteiger partial charge in [0, 0.05) is 24.7 Å². The van der Waals surface area contributed by atoms with Crippen molar-refractivity contribution in [3.8, 4) is 11.3 Å². The first-order chi connectivity index (χ1) is 16.6. The van der Waals surface area contributed by atoms with Crippen LogP contribution in [0.1, 0.15) is 24.3 Å². The number of nitrogens with one attached hydrogen (secondary N) is 2. The number of pyridine rings is 1. The molecular weight excluding hydrogens is 483 g/mol. The molecule has 0 spiro atoms. The van der Waals surface area contributed by atoms with Gasteiger partial charge < -0.3 is 15.0 Å². The van der Waals surface area contributed by atoms with Crippen molar-refractivity contribution in [3.05, 3.63) is 59.7 Å². The summed E-state index contributed by atoms with van der Waals surface area (Å²) in [6.07, 6.45) is 0.713. The highest BCUT2D eigenvalue weighted by molar-refractivity contribution is 7.20. The molecule has 8 nitrogen and oxygen atoms in total. The number of hydrogen-bond donors (Lipinski definition) is 2. The van der Waals surface area contributed by atoms with Crippen molar-refractivity contribution in [2.75, 3.05) is 36.5 Å². The molecule has 0 bridgehead atoms. The Labute approximate surface area is 203 Å². The van der Waals surface area contributed by atoms with Crippen LogP contribution in [0.2, 0.25) is 0 Å². The summed E-state index contributed by atoms with van der Waals surface area (Å²) in [7, 11) is 0. The molecule has 1 saturated heterocycles. The van der Waals surface area contributed by atoms with Crippen molar-refractivity contribution in [1.29, 1.82) is 0 Å². The summed E-state index contributed by atoms with van der Waals surface area (Å²) in [5.74, 6) is -4.02. The second kappa shape index (κ2) is 10.0. The first kappa shape index (κ1) is 24.6. The number of morpholine rings is 1. The molecule has 184 valence electrons. The molecule has 1 fully saturated rings. The van der Waals surface area contributed by atoms with Crippen LogP contribution in [-0.4, -0.2) is 53.6 Å². The summed E-state index contributed by atoms with van der Waals surface area (Å²) >= 11 is 1.24. The molecule has 0 radical (unpaired) electrons. The zero-order valence-electron chi connectivity index (χ0n) is 18.9. The number of ether oxygens (including phenoxy) is 1. The van der Waals surface area contributed by atoms with Crippen LogP contribution in [0.25, 0.3) is 11.3 Å². The molecule has 0 atom stereocenters. The number of nitrogens with zero attached hydrogens (tertiary/aromatic N) is 3. The third-order valence-electron chi connectivity index (χ3n) is 5.26. The van der Waals surface area contributed by atoms with Crippen LogP contribution < -0.4 is 15.5 Å². The molecule has 2 N–H and O–H groups in total. The summed E-state index contributed by atoms with van der Waals surface area (Å²) in [6.45, 7) is 5.19. The van der Waals surface area contributed by atoms with E-state index in [9.17, 15) is 22.8 Å². The van der Waals surface area contributed by atoms with Gasteiger partial charge in [-0.1, -0.05) is 11.3 Å². The van der Waals surface area contributed by atoms with Crippen molar-refractivity contribution in [3.63, 3.8) is 0 Å². The van der Waals surface area contributed by atoms with Gasteiger partial charge in [-0.3, -0.25) is 14.9 Å². The largest absolute Gasteiger partial charge is 0.378 e. The van der Waals surface area contributed by atoms with Crippen molar-refractivity contribution >= 4 is 33.3 Å². The highest BCUT2D eigenvalue weighted by atomic mass is 32.1. The predicted octanol–water partition coefficient (Wildman–Crippen LogP) is 3.61. The SMILES string of the molecule is CC(C)(NC(=O)c1ncc(F)cc1F)C(=O)Nc1nc(-c2ccc(F)cc2)c(N2CCOCC2)s1. The number of carbonyl (C=O) groups excluding carboxylic acids is 2. The Morgan fingerprint density at radius 2 is 1.77 bits per heavy atom. The van der Waals surface area contributed by atoms with E-state index in [1.165, 1.54) is 37.3 Å². The van der Waals surface area contributed by atoms with Gasteiger partial charge in [0.1, 0.15) is 27.9 Å². The highest BCUT2D eigenvalue weighted by Gasteiger charge is 2.32. The summed E-state index contributed by atoms with van der Waals surface area (Å²) in [5.41, 5.74) is -0.864. The van der Waals surface area contributed by atoms with E-state index >= 15 is 0 Å². The number of benzene rings is 1. The lowest BCUT2D eigenvalue weighted by molar-refractivity contribution is -0.120. The Morgan fingerprint density at radius 1 is 1.09 bits per heavy atom. The van der Waals surface area contributed by atoms with Gasteiger partial charge in [0.25, 0.3) is 11.8 Å². The fourth-order valence-electron chi connectivity index (χ4n) is 3.38. The number of hydrogen-bond acceptors (Lipinski definition) is 7. The van der Waals surface area contributed by atoms with Crippen LogP contribution in [0, 0.1) is 17.5 Å². The second-order valence-corrected chi connectivity index (χ2v) is 9.27. The zero-order valence-corrected chi connectivity index (χ0v) is 19.7. The third kappa shape index (κ3) is 5.60. The number of aromatic nitrogens is 2. The summed E-state index contributed by atoms with van der Waals surface area (Å²) in [4.78, 5) is 35.5. The number of anilines is 2. The van der Waals surface area contributed by atoms with Crippen molar-refractivity contribution in [1.82, 2.24) is 15.3 Å². The second-order valence-electron chi connectivity index (χ2n) is 8.30. The molecule has 4 rings (SSSR count). The lowest BCUT2D eigenvalue weighted by atomic mass is 10.0. The average molecular weight is 506 g/mol. The molecule has 1 aliphatic rings. The van der Waals surface area contributed by atoms with Crippen molar-refractivity contribution in [2.24, 2.45) is 0 Å². The van der Waals surface area contributed by atoms with E-state index in [1.807, 2.05) is 0 Å². The Balaban J connectivity index is 1.55. The van der Waals surface area contributed by atoms with Gasteiger partial charge in [-0.15, -0.1) is 0 Å². The molecule has 35 heavy (non-hydrogen) atoms. The number of thiazole rings is 1. The molecule has 3 aromatic rings. The zero-order chi connectivity index (χ0) is 25.2. The maximum Gasteiger partial charge on any atom is 0.273 e. The summed E-state index contributed by atoms with van der Waals surface area (Å²) in [6, 6.07) is 6.41. The lowest BCUT2D eigenvalue weighted by Gasteiger charge is -2.28. The van der Waals surface area contributed by atoms with Crippen LogP contribution in [0.5, 0.6) is 0 Å². The first-order valence-electron chi connectivity index (χ1n) is 10.7. The minimum Gasteiger partial charge on any atom is -0.378 e. The number of carbonyl (C=O) groups is 2. The van der Waals surface area contributed by atoms with Gasteiger partial charge in [-0.25, -0.2) is 23.1 Å². The van der Waals surface area contributed by atoms with Crippen LogP contribution in [0.3, 0.4) is 0 Å². The molecule has 0 saturated carbocycles. The van der Waals surface area contributed by atoms with Crippen molar-refractivity contribution in [2.45, 2.75) is 19.4 Å². The smallest absolute Gasteiger partial charge is 0.273 e. The minimum absolute atomic E-state index is 0.268. The Bertz CT molecular complexity index is 1240. The van der Waals surface area contributed by atoms with Crippen molar-refractivity contribution < 1.29 is 27.5 Å². The number of rotatable bonds is 6. The molecular formula is C23H22F3N5O3S. The molecule has 3 heterocycles. The third-order valence-corrected chi connectivity index (χ3v) is 6.29. The molecule has 2 aromatic heterocycles. The number of amides is 2. The van der Waals surface area contributed by atoms with Gasteiger partial charge in [0.05, 0.1) is 19.4 Å². The molecule has 1 aliphatic heterocycles. The number of halogens is 3. The Morgan fingerprint density at radius 3 is 2.43 bits per heavy atom. The van der Waals surface area contributed by atoms with E-state index in [0.717, 1.165) is 5.00 Å². The van der Waals surface area contributed by atoms with Crippen LogP contribution in [-0.2, 0) is 9.53 Å². The maximum atomic E-state index is 13.9. The van der Waals surface area contributed by atoms with E-state index in [0.29, 0.717) is 49.8 Å². The maximum absolute atomic E-state index is 13.9. The summed E-state index contributed by atoms with van der Waals surface area (Å²) in [5, 5.41) is 6.15. The fourth-order valence-corrected chi connectivity index (χ4v) is 4.41. The van der Waals surface area contributed by atoms with Gasteiger partial charge >= 0.3 is 0 Å². The molecule has 2 amide bonds. The predicted molar refractivity (Wildman–Crippen MR) is 125 cm³/mol. The molecule has 12 heteroatoms. The Kier molecular flexibility index (Phi) is 7.03. The topological polar surface area (TPSA) is 96.5 Å². The van der Waals surface area contributed by atoms with Crippen LogP contribution in [0.4, 0.5) is 23.3 Å². The quantitative estimate of drug-likeness (QED) is 0.532. The standard InChI is InChI=1S/C23H22F3N5O3S/c1-23(2,30-19(32)18-16(26)11-15(25)12-27-18)21(33)29-22-28-17(13-3-5-14(24)6-4-13)20(35-22)31-7-9-34-10-8-31/h3-6,11-12H,7-10H2,1-2H3,(H,30,32)(H,28,29,33). The van der Waals surface area contributed by atoms with Crippen LogP contribution in [0.15, 0.2) is 36.5 Å². The summed E-state index contributed by atoms with van der Waals surface area (Å²) < 4.78 is 45.9. The van der Waals surface area contributed by atoms with E-state index in [2.05, 4.69) is 25.5 Å². The van der Waals surface area contributed by atoms with E-state index in [1.54, 1.807) is 12.1 Å². The minimum atomic E-state index is -1.49.